The molecule has 0 aliphatic carbocycles. The summed E-state index contributed by atoms with van der Waals surface area (Å²) < 4.78 is 70.0. The summed E-state index contributed by atoms with van der Waals surface area (Å²) in [6, 6.07) is 9.83. The molecule has 0 saturated carbocycles. The zero-order valence-corrected chi connectivity index (χ0v) is 20.9. The molecule has 0 spiro atoms. The van der Waals surface area contributed by atoms with Crippen LogP contribution in [0.25, 0.3) is 22.3 Å². The summed E-state index contributed by atoms with van der Waals surface area (Å²) in [6.45, 7) is 2.83. The third kappa shape index (κ3) is 4.84. The fraction of sp³-hybridized carbons (Fsp3) is 0.308. The first-order chi connectivity index (χ1) is 18.5. The molecule has 39 heavy (non-hydrogen) atoms. The van der Waals surface area contributed by atoms with Crippen LogP contribution < -0.4 is 4.90 Å². The van der Waals surface area contributed by atoms with Crippen LogP contribution in [0.1, 0.15) is 18.1 Å². The summed E-state index contributed by atoms with van der Waals surface area (Å²) in [6.07, 6.45) is -3.25. The summed E-state index contributed by atoms with van der Waals surface area (Å²) in [5.41, 5.74) is -1.58. The molecule has 1 aliphatic rings. The van der Waals surface area contributed by atoms with Gasteiger partial charge in [-0.2, -0.15) is 23.3 Å². The molecular weight excluding hydrogens is 523 g/mol. The first kappa shape index (κ1) is 26.3. The minimum atomic E-state index is -5.17. The Kier molecular flexibility index (Phi) is 6.60. The van der Waals surface area contributed by atoms with Gasteiger partial charge in [0.15, 0.2) is 23.0 Å². The van der Waals surface area contributed by atoms with Crippen LogP contribution in [0.3, 0.4) is 0 Å². The molecule has 2 aromatic heterocycles. The Balaban J connectivity index is 1.51. The lowest BCUT2D eigenvalue weighted by atomic mass is 10.0. The van der Waals surface area contributed by atoms with Crippen LogP contribution in [0, 0.1) is 11.6 Å². The summed E-state index contributed by atoms with van der Waals surface area (Å²) in [4.78, 5) is 24.9. The van der Waals surface area contributed by atoms with Crippen LogP contribution in [0.5, 0.6) is 5.75 Å². The minimum Gasteiger partial charge on any atom is -0.503 e. The van der Waals surface area contributed by atoms with Crippen molar-refractivity contribution in [3.8, 4) is 17.0 Å². The second-order valence-electron chi connectivity index (χ2n) is 9.33. The number of phenolic OH excluding ortho intramolecular Hbond substituents is 1. The Morgan fingerprint density at radius 2 is 1.85 bits per heavy atom. The van der Waals surface area contributed by atoms with E-state index in [-0.39, 0.29) is 34.7 Å². The van der Waals surface area contributed by atoms with Crippen LogP contribution in [-0.2, 0) is 24.4 Å². The van der Waals surface area contributed by atoms with Crippen LogP contribution in [-0.4, -0.2) is 61.3 Å². The largest absolute Gasteiger partial charge is 0.503 e. The molecule has 1 saturated heterocycles. The number of amides is 1. The van der Waals surface area contributed by atoms with E-state index in [9.17, 15) is 31.9 Å². The van der Waals surface area contributed by atoms with Crippen molar-refractivity contribution in [3.63, 3.8) is 0 Å². The van der Waals surface area contributed by atoms with E-state index in [1.807, 2.05) is 35.2 Å². The Bertz CT molecular complexity index is 1560. The van der Waals surface area contributed by atoms with E-state index in [4.69, 9.17) is 0 Å². The van der Waals surface area contributed by atoms with Gasteiger partial charge in [-0.25, -0.2) is 18.4 Å². The first-order valence-corrected chi connectivity index (χ1v) is 12.0. The highest BCUT2D eigenvalue weighted by Gasteiger charge is 2.38. The quantitative estimate of drug-likeness (QED) is 0.384. The molecule has 4 aromatic rings. The molecule has 3 heterocycles. The SMILES string of the molecule is CC(=O)N1CCN(c2ncc3c(-c4cc(C(F)(F)F)c(F)c(O)c4F)nn(C)c3n2)C[C@H]1Cc1ccccc1. The summed E-state index contributed by atoms with van der Waals surface area (Å²) in [5, 5.41) is 13.9. The van der Waals surface area contributed by atoms with Crippen molar-refractivity contribution >= 4 is 22.9 Å². The third-order valence-electron chi connectivity index (χ3n) is 6.79. The predicted molar refractivity (Wildman–Crippen MR) is 132 cm³/mol. The van der Waals surface area contributed by atoms with Crippen molar-refractivity contribution < 1.29 is 31.9 Å². The van der Waals surface area contributed by atoms with Gasteiger partial charge in [-0.3, -0.25) is 4.79 Å². The average molecular weight is 547 g/mol. The van der Waals surface area contributed by atoms with Crippen LogP contribution in [0.2, 0.25) is 0 Å². The van der Waals surface area contributed by atoms with E-state index in [2.05, 4.69) is 15.1 Å². The van der Waals surface area contributed by atoms with E-state index in [1.165, 1.54) is 24.9 Å². The number of carbonyl (C=O) groups is 1. The highest BCUT2D eigenvalue weighted by molar-refractivity contribution is 5.91. The maximum atomic E-state index is 14.8. The van der Waals surface area contributed by atoms with Gasteiger partial charge in [-0.1, -0.05) is 30.3 Å². The van der Waals surface area contributed by atoms with Gasteiger partial charge in [0, 0.05) is 45.4 Å². The second-order valence-corrected chi connectivity index (χ2v) is 9.33. The second kappa shape index (κ2) is 9.79. The molecule has 1 fully saturated rings. The predicted octanol–water partition coefficient (Wildman–Crippen LogP) is 4.31. The molecule has 2 aromatic carbocycles. The number of aromatic nitrogens is 4. The number of halogens is 5. The van der Waals surface area contributed by atoms with Gasteiger partial charge in [0.1, 0.15) is 5.69 Å². The molecule has 13 heteroatoms. The zero-order chi connectivity index (χ0) is 28.1. The van der Waals surface area contributed by atoms with Crippen LogP contribution in [0.4, 0.5) is 27.9 Å². The van der Waals surface area contributed by atoms with Crippen LogP contribution >= 0.6 is 0 Å². The van der Waals surface area contributed by atoms with Gasteiger partial charge in [0.05, 0.1) is 17.0 Å². The molecule has 0 radical (unpaired) electrons. The molecule has 1 aliphatic heterocycles. The Morgan fingerprint density at radius 3 is 2.51 bits per heavy atom. The third-order valence-corrected chi connectivity index (χ3v) is 6.79. The lowest BCUT2D eigenvalue weighted by molar-refractivity contribution is -0.140. The molecule has 5 rings (SSSR count). The fourth-order valence-corrected chi connectivity index (χ4v) is 4.89. The van der Waals surface area contributed by atoms with Crippen molar-refractivity contribution in [1.82, 2.24) is 24.6 Å². The number of piperazine rings is 1. The Hall–Kier alpha value is -4.29. The Morgan fingerprint density at radius 1 is 1.13 bits per heavy atom. The summed E-state index contributed by atoms with van der Waals surface area (Å²) in [7, 11) is 1.47. The summed E-state index contributed by atoms with van der Waals surface area (Å²) in [5.74, 6) is -5.17. The number of rotatable bonds is 4. The normalized spacial score (nSPS) is 16.2. The van der Waals surface area contributed by atoms with Gasteiger partial charge < -0.3 is 14.9 Å². The van der Waals surface area contributed by atoms with Crippen molar-refractivity contribution in [1.29, 1.82) is 0 Å². The number of fused-ring (bicyclic) bond motifs is 1. The Labute approximate surface area is 219 Å². The summed E-state index contributed by atoms with van der Waals surface area (Å²) >= 11 is 0. The van der Waals surface area contributed by atoms with E-state index in [0.29, 0.717) is 32.0 Å². The van der Waals surface area contributed by atoms with Gasteiger partial charge in [-0.05, 0) is 18.1 Å². The number of benzene rings is 2. The van der Waals surface area contributed by atoms with Gasteiger partial charge >= 0.3 is 6.18 Å². The van der Waals surface area contributed by atoms with E-state index in [0.717, 1.165) is 5.56 Å². The van der Waals surface area contributed by atoms with Crippen molar-refractivity contribution in [3.05, 3.63) is 65.4 Å². The number of nitrogens with zero attached hydrogens (tertiary/aromatic N) is 6. The lowest BCUT2D eigenvalue weighted by Gasteiger charge is -2.41. The molecular formula is C26H23F5N6O2. The van der Waals surface area contributed by atoms with E-state index < -0.39 is 34.7 Å². The number of aryl methyl sites for hydroxylation is 1. The van der Waals surface area contributed by atoms with Gasteiger partial charge in [0.2, 0.25) is 11.9 Å². The van der Waals surface area contributed by atoms with Crippen LogP contribution in [0.15, 0.2) is 42.6 Å². The molecule has 1 N–H and O–H groups in total. The smallest absolute Gasteiger partial charge is 0.419 e. The zero-order valence-electron chi connectivity index (χ0n) is 20.9. The highest BCUT2D eigenvalue weighted by atomic mass is 19.4. The van der Waals surface area contributed by atoms with Gasteiger partial charge in [0.25, 0.3) is 0 Å². The number of phenols is 1. The number of hydrogen-bond acceptors (Lipinski definition) is 6. The van der Waals surface area contributed by atoms with E-state index in [1.54, 1.807) is 4.90 Å². The van der Waals surface area contributed by atoms with Crippen molar-refractivity contribution in [2.24, 2.45) is 7.05 Å². The first-order valence-electron chi connectivity index (χ1n) is 12.0. The maximum Gasteiger partial charge on any atom is 0.419 e. The van der Waals surface area contributed by atoms with Crippen molar-refractivity contribution in [2.45, 2.75) is 25.6 Å². The molecule has 1 atom stereocenters. The van der Waals surface area contributed by atoms with Gasteiger partial charge in [-0.15, -0.1) is 0 Å². The number of carbonyl (C=O) groups excluding carboxylic acids is 1. The average Bonchev–Trinajstić information content (AvgIpc) is 3.22. The molecule has 204 valence electrons. The molecule has 0 unspecified atom stereocenters. The number of anilines is 1. The highest BCUT2D eigenvalue weighted by Crippen LogP contribution is 2.41. The number of aromatic hydroxyl groups is 1. The number of alkyl halides is 3. The molecule has 1 amide bonds. The molecule has 0 bridgehead atoms. The monoisotopic (exact) mass is 546 g/mol. The topological polar surface area (TPSA) is 87.4 Å². The fourth-order valence-electron chi connectivity index (χ4n) is 4.89. The number of hydrogen-bond donors (Lipinski definition) is 1. The molecule has 8 nitrogen and oxygen atoms in total. The minimum absolute atomic E-state index is 0.0500. The van der Waals surface area contributed by atoms with Crippen molar-refractivity contribution in [2.75, 3.05) is 24.5 Å². The standard InChI is InChI=1S/C26H23F5N6O2/c1-14(38)37-9-8-36(13-16(37)10-15-6-4-3-5-7-15)25-32-12-18-22(34-35(2)24(18)33-25)17-11-19(26(29,30)31)21(28)23(39)20(17)27/h3-7,11-12,16,39H,8-10,13H2,1-2H3/t16-/m1/s1. The maximum absolute atomic E-state index is 14.8. The lowest BCUT2D eigenvalue weighted by Crippen LogP contribution is -2.56. The van der Waals surface area contributed by atoms with E-state index >= 15 is 0 Å².